The van der Waals surface area contributed by atoms with Crippen molar-refractivity contribution in [2.45, 2.75) is 6.54 Å². The molecule has 0 atom stereocenters. The molecule has 126 valence electrons. The van der Waals surface area contributed by atoms with Crippen LogP contribution in [0, 0.1) is 5.82 Å². The molecule has 2 aromatic rings. The van der Waals surface area contributed by atoms with Crippen molar-refractivity contribution in [1.29, 1.82) is 0 Å². The Bertz CT molecular complexity index is 725. The highest BCUT2D eigenvalue weighted by Gasteiger charge is 2.15. The molecule has 0 bridgehead atoms. The molecule has 1 aliphatic heterocycles. The monoisotopic (exact) mass is 346 g/mol. The van der Waals surface area contributed by atoms with Gasteiger partial charge in [0.1, 0.15) is 5.82 Å². The average molecular weight is 347 g/mol. The van der Waals surface area contributed by atoms with Crippen molar-refractivity contribution in [3.63, 3.8) is 0 Å². The van der Waals surface area contributed by atoms with Crippen LogP contribution in [0.2, 0.25) is 5.02 Å². The molecule has 3 rings (SSSR count). The molecule has 1 fully saturated rings. The highest BCUT2D eigenvalue weighted by Crippen LogP contribution is 2.19. The number of carbonyl (C=O) groups is 1. The van der Waals surface area contributed by atoms with E-state index < -0.39 is 5.82 Å². The lowest BCUT2D eigenvalue weighted by Gasteiger charge is -2.32. The number of ketones is 1. The summed E-state index contributed by atoms with van der Waals surface area (Å²) in [5.41, 5.74) is 2.04. The van der Waals surface area contributed by atoms with Gasteiger partial charge < -0.3 is 4.90 Å². The summed E-state index contributed by atoms with van der Waals surface area (Å²) in [6, 6.07) is 11.7. The van der Waals surface area contributed by atoms with Crippen LogP contribution in [0.1, 0.15) is 21.5 Å². The van der Waals surface area contributed by atoms with E-state index in [9.17, 15) is 9.18 Å². The number of hydrogen-bond donors (Lipinski definition) is 0. The van der Waals surface area contributed by atoms with Crippen LogP contribution in [0.4, 0.5) is 4.39 Å². The van der Waals surface area contributed by atoms with Crippen molar-refractivity contribution in [3.8, 4) is 0 Å². The molecule has 2 aromatic carbocycles. The maximum atomic E-state index is 13.5. The number of hydrogen-bond acceptors (Lipinski definition) is 3. The minimum atomic E-state index is -0.575. The number of piperazine rings is 1. The standard InChI is InChI=1S/C19H20ClFN2O/c1-22-8-10-23(11-9-22)13-14-2-4-15(5-3-14)19(24)16-6-7-17(20)18(21)12-16/h2-7,12H,8-11,13H2,1H3. The van der Waals surface area contributed by atoms with Gasteiger partial charge in [-0.3, -0.25) is 9.69 Å². The Balaban J connectivity index is 1.67. The van der Waals surface area contributed by atoms with Crippen molar-refractivity contribution in [1.82, 2.24) is 9.80 Å². The van der Waals surface area contributed by atoms with Crippen molar-refractivity contribution < 1.29 is 9.18 Å². The van der Waals surface area contributed by atoms with Gasteiger partial charge in [-0.1, -0.05) is 35.9 Å². The third kappa shape index (κ3) is 4.01. The first-order valence-corrected chi connectivity index (χ1v) is 8.40. The van der Waals surface area contributed by atoms with Gasteiger partial charge in [0, 0.05) is 43.9 Å². The quantitative estimate of drug-likeness (QED) is 0.792. The van der Waals surface area contributed by atoms with Crippen molar-refractivity contribution in [3.05, 3.63) is 70.0 Å². The Morgan fingerprint density at radius 1 is 1.04 bits per heavy atom. The Hall–Kier alpha value is -1.75. The van der Waals surface area contributed by atoms with Gasteiger partial charge in [0.05, 0.1) is 5.02 Å². The Kier molecular flexibility index (Phi) is 5.29. The van der Waals surface area contributed by atoms with Gasteiger partial charge in [0.25, 0.3) is 0 Å². The SMILES string of the molecule is CN1CCN(Cc2ccc(C(=O)c3ccc(Cl)c(F)c3)cc2)CC1. The summed E-state index contributed by atoms with van der Waals surface area (Å²) < 4.78 is 13.5. The summed E-state index contributed by atoms with van der Waals surface area (Å²) in [5, 5.41) is 0.0223. The maximum Gasteiger partial charge on any atom is 0.193 e. The third-order valence-electron chi connectivity index (χ3n) is 4.40. The molecule has 0 aliphatic carbocycles. The summed E-state index contributed by atoms with van der Waals surface area (Å²) in [7, 11) is 2.14. The number of carbonyl (C=O) groups excluding carboxylic acids is 1. The molecule has 0 N–H and O–H groups in total. The highest BCUT2D eigenvalue weighted by atomic mass is 35.5. The number of benzene rings is 2. The van der Waals surface area contributed by atoms with Crippen LogP contribution in [0.15, 0.2) is 42.5 Å². The lowest BCUT2D eigenvalue weighted by Crippen LogP contribution is -2.43. The Morgan fingerprint density at radius 3 is 2.29 bits per heavy atom. The molecule has 0 amide bonds. The molecule has 0 unspecified atom stereocenters. The highest BCUT2D eigenvalue weighted by molar-refractivity contribution is 6.30. The molecular formula is C19H20ClFN2O. The van der Waals surface area contributed by atoms with E-state index in [1.54, 1.807) is 18.2 Å². The van der Waals surface area contributed by atoms with E-state index in [-0.39, 0.29) is 10.8 Å². The minimum absolute atomic E-state index is 0.0223. The van der Waals surface area contributed by atoms with Crippen LogP contribution in [0.25, 0.3) is 0 Å². The Labute approximate surface area is 146 Å². The van der Waals surface area contributed by atoms with Crippen LogP contribution < -0.4 is 0 Å². The summed E-state index contributed by atoms with van der Waals surface area (Å²) in [4.78, 5) is 17.2. The fraction of sp³-hybridized carbons (Fsp3) is 0.316. The van der Waals surface area contributed by atoms with Gasteiger partial charge in [-0.2, -0.15) is 0 Å². The number of nitrogens with zero attached hydrogens (tertiary/aromatic N) is 2. The fourth-order valence-electron chi connectivity index (χ4n) is 2.83. The van der Waals surface area contributed by atoms with E-state index in [2.05, 4.69) is 16.8 Å². The predicted molar refractivity (Wildman–Crippen MR) is 94.1 cm³/mol. The zero-order chi connectivity index (χ0) is 17.1. The molecule has 5 heteroatoms. The summed E-state index contributed by atoms with van der Waals surface area (Å²) in [6.45, 7) is 5.16. The van der Waals surface area contributed by atoms with Gasteiger partial charge in [0.15, 0.2) is 5.78 Å². The smallest absolute Gasteiger partial charge is 0.193 e. The lowest BCUT2D eigenvalue weighted by molar-refractivity contribution is 0.103. The van der Waals surface area contributed by atoms with Gasteiger partial charge in [0.2, 0.25) is 0 Å². The van der Waals surface area contributed by atoms with Crippen LogP contribution in [0.3, 0.4) is 0 Å². The molecule has 1 heterocycles. The number of likely N-dealkylation sites (N-methyl/N-ethyl adjacent to an activating group) is 1. The van der Waals surface area contributed by atoms with Gasteiger partial charge in [-0.15, -0.1) is 0 Å². The van der Waals surface area contributed by atoms with Crippen LogP contribution in [-0.2, 0) is 6.54 Å². The second kappa shape index (κ2) is 7.43. The van der Waals surface area contributed by atoms with Crippen LogP contribution in [0.5, 0.6) is 0 Å². The van der Waals surface area contributed by atoms with Gasteiger partial charge in [-0.25, -0.2) is 4.39 Å². The topological polar surface area (TPSA) is 23.6 Å². The van der Waals surface area contributed by atoms with Crippen molar-refractivity contribution in [2.24, 2.45) is 0 Å². The minimum Gasteiger partial charge on any atom is -0.304 e. The predicted octanol–water partition coefficient (Wildman–Crippen LogP) is 3.46. The molecule has 1 saturated heterocycles. The zero-order valence-corrected chi connectivity index (χ0v) is 14.4. The van der Waals surface area contributed by atoms with E-state index in [0.717, 1.165) is 32.7 Å². The van der Waals surface area contributed by atoms with E-state index in [1.807, 2.05) is 12.1 Å². The first-order chi connectivity index (χ1) is 11.5. The van der Waals surface area contributed by atoms with E-state index in [4.69, 9.17) is 11.6 Å². The second-order valence-corrected chi connectivity index (χ2v) is 6.64. The third-order valence-corrected chi connectivity index (χ3v) is 4.71. The van der Waals surface area contributed by atoms with E-state index in [1.165, 1.54) is 17.7 Å². The molecule has 0 saturated carbocycles. The first-order valence-electron chi connectivity index (χ1n) is 8.02. The fourth-order valence-corrected chi connectivity index (χ4v) is 2.95. The molecule has 24 heavy (non-hydrogen) atoms. The van der Waals surface area contributed by atoms with Gasteiger partial charge >= 0.3 is 0 Å². The van der Waals surface area contributed by atoms with Gasteiger partial charge in [-0.05, 0) is 30.8 Å². The summed E-state index contributed by atoms with van der Waals surface area (Å²) in [6.07, 6.45) is 0. The van der Waals surface area contributed by atoms with Crippen LogP contribution >= 0.6 is 11.6 Å². The normalized spacial score (nSPS) is 16.3. The summed E-state index contributed by atoms with van der Waals surface area (Å²) in [5.74, 6) is -0.772. The van der Waals surface area contributed by atoms with E-state index in [0.29, 0.717) is 11.1 Å². The molecular weight excluding hydrogens is 327 g/mol. The molecule has 0 spiro atoms. The maximum absolute atomic E-state index is 13.5. The average Bonchev–Trinajstić information content (AvgIpc) is 2.59. The number of rotatable bonds is 4. The number of halogens is 2. The van der Waals surface area contributed by atoms with E-state index >= 15 is 0 Å². The molecule has 3 nitrogen and oxygen atoms in total. The van der Waals surface area contributed by atoms with Crippen LogP contribution in [-0.4, -0.2) is 48.8 Å². The van der Waals surface area contributed by atoms with Crippen molar-refractivity contribution in [2.75, 3.05) is 33.2 Å². The Morgan fingerprint density at radius 2 is 1.67 bits per heavy atom. The summed E-state index contributed by atoms with van der Waals surface area (Å²) >= 11 is 5.66. The molecule has 0 aromatic heterocycles. The molecule has 1 aliphatic rings. The molecule has 0 radical (unpaired) electrons. The largest absolute Gasteiger partial charge is 0.304 e. The second-order valence-electron chi connectivity index (χ2n) is 6.23. The first kappa shape index (κ1) is 17.1. The zero-order valence-electron chi connectivity index (χ0n) is 13.6. The van der Waals surface area contributed by atoms with Crippen molar-refractivity contribution >= 4 is 17.4 Å². The lowest BCUT2D eigenvalue weighted by atomic mass is 10.0.